The van der Waals surface area contributed by atoms with Crippen LogP contribution in [0.4, 0.5) is 5.69 Å². The highest BCUT2D eigenvalue weighted by molar-refractivity contribution is 9.11. The van der Waals surface area contributed by atoms with Crippen LogP contribution in [0.5, 0.6) is 0 Å². The Balaban J connectivity index is 2.39. The third-order valence-electron chi connectivity index (χ3n) is 2.57. The fraction of sp³-hybridized carbons (Fsp3) is 0.357. The Kier molecular flexibility index (Phi) is 5.92. The lowest BCUT2D eigenvalue weighted by Gasteiger charge is -2.12. The van der Waals surface area contributed by atoms with Crippen LogP contribution in [0, 0.1) is 0 Å². The zero-order chi connectivity index (χ0) is 13.5. The SMILES string of the molecule is C=C(Br)CNC(=O)CCc1ccc(N(C)C)cc1. The first-order chi connectivity index (χ1) is 8.49. The number of amides is 1. The van der Waals surface area contributed by atoms with Gasteiger partial charge in [0.25, 0.3) is 0 Å². The molecule has 0 spiro atoms. The van der Waals surface area contributed by atoms with Gasteiger partial charge in [-0.1, -0.05) is 34.6 Å². The van der Waals surface area contributed by atoms with Crippen LogP contribution in [0.2, 0.25) is 0 Å². The Morgan fingerprint density at radius 1 is 1.33 bits per heavy atom. The van der Waals surface area contributed by atoms with Gasteiger partial charge >= 0.3 is 0 Å². The molecule has 0 aliphatic rings. The van der Waals surface area contributed by atoms with Crippen molar-refractivity contribution in [2.24, 2.45) is 0 Å². The molecule has 0 aromatic heterocycles. The van der Waals surface area contributed by atoms with Gasteiger partial charge in [-0.15, -0.1) is 0 Å². The van der Waals surface area contributed by atoms with Crippen LogP contribution in [-0.2, 0) is 11.2 Å². The average Bonchev–Trinajstić information content (AvgIpc) is 2.34. The van der Waals surface area contributed by atoms with Gasteiger partial charge < -0.3 is 10.2 Å². The molecule has 4 heteroatoms. The minimum atomic E-state index is 0.0484. The van der Waals surface area contributed by atoms with Gasteiger partial charge in [-0.25, -0.2) is 0 Å². The highest BCUT2D eigenvalue weighted by Crippen LogP contribution is 2.13. The lowest BCUT2D eigenvalue weighted by molar-refractivity contribution is -0.120. The molecule has 0 bridgehead atoms. The third kappa shape index (κ3) is 5.36. The first-order valence-electron chi connectivity index (χ1n) is 5.85. The van der Waals surface area contributed by atoms with Crippen molar-refractivity contribution in [3.05, 3.63) is 40.9 Å². The van der Waals surface area contributed by atoms with Crippen LogP contribution < -0.4 is 10.2 Å². The normalized spacial score (nSPS) is 9.94. The largest absolute Gasteiger partial charge is 0.378 e. The Morgan fingerprint density at radius 2 is 1.94 bits per heavy atom. The van der Waals surface area contributed by atoms with Crippen molar-refractivity contribution >= 4 is 27.5 Å². The summed E-state index contributed by atoms with van der Waals surface area (Å²) in [6.07, 6.45) is 1.26. The number of halogens is 1. The van der Waals surface area contributed by atoms with Gasteiger partial charge in [0.15, 0.2) is 0 Å². The lowest BCUT2D eigenvalue weighted by atomic mass is 10.1. The number of hydrogen-bond acceptors (Lipinski definition) is 2. The maximum atomic E-state index is 11.5. The van der Waals surface area contributed by atoms with Crippen molar-refractivity contribution in [3.63, 3.8) is 0 Å². The minimum Gasteiger partial charge on any atom is -0.378 e. The standard InChI is InChI=1S/C14H19BrN2O/c1-11(15)10-16-14(18)9-6-12-4-7-13(8-5-12)17(2)3/h4-5,7-8H,1,6,9-10H2,2-3H3,(H,16,18). The summed E-state index contributed by atoms with van der Waals surface area (Å²) >= 11 is 3.21. The third-order valence-corrected chi connectivity index (χ3v) is 2.85. The van der Waals surface area contributed by atoms with Gasteiger partial charge in [-0.05, 0) is 24.1 Å². The summed E-state index contributed by atoms with van der Waals surface area (Å²) in [6, 6.07) is 8.25. The summed E-state index contributed by atoms with van der Waals surface area (Å²) in [4.78, 5) is 13.6. The number of carbonyl (C=O) groups excluding carboxylic acids is 1. The molecule has 18 heavy (non-hydrogen) atoms. The second-order valence-electron chi connectivity index (χ2n) is 4.35. The molecule has 0 radical (unpaired) electrons. The van der Waals surface area contributed by atoms with Crippen LogP contribution >= 0.6 is 15.9 Å². The first kappa shape index (κ1) is 14.8. The van der Waals surface area contributed by atoms with Crippen LogP contribution in [0.25, 0.3) is 0 Å². The van der Waals surface area contributed by atoms with Crippen LogP contribution in [0.1, 0.15) is 12.0 Å². The average molecular weight is 311 g/mol. The second-order valence-corrected chi connectivity index (χ2v) is 5.48. The minimum absolute atomic E-state index is 0.0484. The first-order valence-corrected chi connectivity index (χ1v) is 6.64. The van der Waals surface area contributed by atoms with Gasteiger partial charge in [-0.2, -0.15) is 0 Å². The molecule has 0 heterocycles. The molecule has 98 valence electrons. The smallest absolute Gasteiger partial charge is 0.220 e. The van der Waals surface area contributed by atoms with Crippen molar-refractivity contribution in [3.8, 4) is 0 Å². The Morgan fingerprint density at radius 3 is 2.44 bits per heavy atom. The molecule has 3 nitrogen and oxygen atoms in total. The van der Waals surface area contributed by atoms with Crippen molar-refractivity contribution in [2.75, 3.05) is 25.5 Å². The van der Waals surface area contributed by atoms with E-state index >= 15 is 0 Å². The number of benzene rings is 1. The van der Waals surface area contributed by atoms with Crippen molar-refractivity contribution < 1.29 is 4.79 Å². The molecule has 0 saturated heterocycles. The van der Waals surface area contributed by atoms with E-state index in [9.17, 15) is 4.79 Å². The zero-order valence-corrected chi connectivity index (χ0v) is 12.5. The molecule has 1 amide bonds. The van der Waals surface area contributed by atoms with E-state index < -0.39 is 0 Å². The molecule has 0 saturated carbocycles. The maximum absolute atomic E-state index is 11.5. The number of rotatable bonds is 6. The summed E-state index contributed by atoms with van der Waals surface area (Å²) in [7, 11) is 4.02. The molecule has 1 aromatic rings. The quantitative estimate of drug-likeness (QED) is 0.876. The van der Waals surface area contributed by atoms with Crippen molar-refractivity contribution in [1.29, 1.82) is 0 Å². The molecule has 0 fully saturated rings. The van der Waals surface area contributed by atoms with Gasteiger partial charge in [0, 0.05) is 37.2 Å². The summed E-state index contributed by atoms with van der Waals surface area (Å²) in [5, 5.41) is 2.79. The summed E-state index contributed by atoms with van der Waals surface area (Å²) in [6.45, 7) is 4.15. The highest BCUT2D eigenvalue weighted by atomic mass is 79.9. The molecule has 0 aliphatic carbocycles. The summed E-state index contributed by atoms with van der Waals surface area (Å²) in [5.74, 6) is 0.0484. The Hall–Kier alpha value is -1.29. The molecule has 1 N–H and O–H groups in total. The van der Waals surface area contributed by atoms with E-state index in [1.54, 1.807) is 0 Å². The fourth-order valence-corrected chi connectivity index (χ4v) is 1.64. The van der Waals surface area contributed by atoms with E-state index in [1.807, 2.05) is 14.1 Å². The fourth-order valence-electron chi connectivity index (χ4n) is 1.50. The van der Waals surface area contributed by atoms with Gasteiger partial charge in [-0.3, -0.25) is 4.79 Å². The van der Waals surface area contributed by atoms with E-state index in [1.165, 1.54) is 11.3 Å². The molecule has 0 aliphatic heterocycles. The number of nitrogens with zero attached hydrogens (tertiary/aromatic N) is 1. The van der Waals surface area contributed by atoms with Crippen LogP contribution in [0.3, 0.4) is 0 Å². The van der Waals surface area contributed by atoms with E-state index in [2.05, 4.69) is 57.0 Å². The molecule has 0 atom stereocenters. The summed E-state index contributed by atoms with van der Waals surface area (Å²) < 4.78 is 0.784. The maximum Gasteiger partial charge on any atom is 0.220 e. The predicted molar refractivity (Wildman–Crippen MR) is 80.2 cm³/mol. The number of aryl methyl sites for hydroxylation is 1. The molecular weight excluding hydrogens is 292 g/mol. The number of nitrogens with one attached hydrogen (secondary N) is 1. The molecular formula is C14H19BrN2O. The monoisotopic (exact) mass is 310 g/mol. The number of anilines is 1. The Bertz CT molecular complexity index is 412. The predicted octanol–water partition coefficient (Wildman–Crippen LogP) is 2.71. The number of carbonyl (C=O) groups is 1. The van der Waals surface area contributed by atoms with Crippen LogP contribution in [-0.4, -0.2) is 26.5 Å². The molecule has 1 rings (SSSR count). The van der Waals surface area contributed by atoms with E-state index in [0.29, 0.717) is 13.0 Å². The van der Waals surface area contributed by atoms with Crippen molar-refractivity contribution in [1.82, 2.24) is 5.32 Å². The highest BCUT2D eigenvalue weighted by Gasteiger charge is 2.02. The topological polar surface area (TPSA) is 32.3 Å². The zero-order valence-electron chi connectivity index (χ0n) is 10.9. The van der Waals surface area contributed by atoms with Crippen LogP contribution in [0.15, 0.2) is 35.3 Å². The van der Waals surface area contributed by atoms with E-state index in [0.717, 1.165) is 10.9 Å². The van der Waals surface area contributed by atoms with E-state index in [-0.39, 0.29) is 5.91 Å². The number of hydrogen-bond donors (Lipinski definition) is 1. The van der Waals surface area contributed by atoms with Gasteiger partial charge in [0.05, 0.1) is 0 Å². The lowest BCUT2D eigenvalue weighted by Crippen LogP contribution is -2.24. The molecule has 0 unspecified atom stereocenters. The second kappa shape index (κ2) is 7.21. The molecule has 1 aromatic carbocycles. The summed E-state index contributed by atoms with van der Waals surface area (Å²) in [5.41, 5.74) is 2.34. The Labute approximate surface area is 117 Å². The van der Waals surface area contributed by atoms with Gasteiger partial charge in [0.1, 0.15) is 0 Å². The van der Waals surface area contributed by atoms with Gasteiger partial charge in [0.2, 0.25) is 5.91 Å². The van der Waals surface area contributed by atoms with Crippen molar-refractivity contribution in [2.45, 2.75) is 12.8 Å². The van der Waals surface area contributed by atoms with E-state index in [4.69, 9.17) is 0 Å².